The summed E-state index contributed by atoms with van der Waals surface area (Å²) in [6.07, 6.45) is 2.04. The van der Waals surface area contributed by atoms with Gasteiger partial charge in [0.1, 0.15) is 0 Å². The summed E-state index contributed by atoms with van der Waals surface area (Å²) in [5, 5.41) is 11.0. The molecule has 1 aliphatic heterocycles. The van der Waals surface area contributed by atoms with Crippen LogP contribution in [-0.4, -0.2) is 50.0 Å². The van der Waals surface area contributed by atoms with Gasteiger partial charge in [0.05, 0.1) is 15.9 Å². The molecule has 1 heterocycles. The largest absolute Gasteiger partial charge is 0.378 e. The third-order valence-electron chi connectivity index (χ3n) is 4.12. The smallest absolute Gasteiger partial charge is 0.273 e. The van der Waals surface area contributed by atoms with Gasteiger partial charge in [-0.1, -0.05) is 6.07 Å². The van der Waals surface area contributed by atoms with Gasteiger partial charge in [-0.25, -0.2) is 8.42 Å². The van der Waals surface area contributed by atoms with Crippen molar-refractivity contribution in [2.75, 3.05) is 26.2 Å². The number of rotatable bonds is 7. The normalized spacial score (nSPS) is 16.4. The van der Waals surface area contributed by atoms with E-state index in [0.29, 0.717) is 44.6 Å². The van der Waals surface area contributed by atoms with Crippen LogP contribution >= 0.6 is 12.4 Å². The first-order valence-electron chi connectivity index (χ1n) is 7.93. The first-order valence-corrected chi connectivity index (χ1v) is 9.37. The van der Waals surface area contributed by atoms with E-state index in [1.165, 1.54) is 16.4 Å². The molecule has 0 bridgehead atoms. The Morgan fingerprint density at radius 1 is 1.36 bits per heavy atom. The summed E-state index contributed by atoms with van der Waals surface area (Å²) in [5.41, 5.74) is 5.67. The molecule has 25 heavy (non-hydrogen) atoms. The first kappa shape index (κ1) is 21.8. The lowest BCUT2D eigenvalue weighted by Crippen LogP contribution is -2.41. The Labute approximate surface area is 153 Å². The highest BCUT2D eigenvalue weighted by Gasteiger charge is 2.31. The summed E-state index contributed by atoms with van der Waals surface area (Å²) >= 11 is 0. The van der Waals surface area contributed by atoms with E-state index in [2.05, 4.69) is 0 Å². The zero-order chi connectivity index (χ0) is 17.7. The molecular weight excluding hydrogens is 370 g/mol. The van der Waals surface area contributed by atoms with Gasteiger partial charge in [-0.3, -0.25) is 10.1 Å². The number of halogens is 1. The number of hydrogen-bond donors (Lipinski definition) is 1. The highest BCUT2D eigenvalue weighted by Crippen LogP contribution is 2.26. The molecule has 0 radical (unpaired) electrons. The number of aryl methyl sites for hydroxylation is 1. The number of hydrogen-bond acceptors (Lipinski definition) is 6. The van der Waals surface area contributed by atoms with Gasteiger partial charge in [0.15, 0.2) is 0 Å². The van der Waals surface area contributed by atoms with E-state index in [9.17, 15) is 18.5 Å². The summed E-state index contributed by atoms with van der Waals surface area (Å²) in [4.78, 5) is 10.4. The first-order chi connectivity index (χ1) is 11.4. The highest BCUT2D eigenvalue weighted by molar-refractivity contribution is 7.89. The van der Waals surface area contributed by atoms with Crippen molar-refractivity contribution >= 4 is 28.1 Å². The average molecular weight is 394 g/mol. The average Bonchev–Trinajstić information content (AvgIpc) is 2.55. The monoisotopic (exact) mass is 393 g/mol. The molecule has 1 saturated heterocycles. The molecule has 0 aliphatic carbocycles. The maximum absolute atomic E-state index is 12.7. The summed E-state index contributed by atoms with van der Waals surface area (Å²) < 4.78 is 32.4. The quantitative estimate of drug-likeness (QED) is 0.429. The van der Waals surface area contributed by atoms with E-state index < -0.39 is 14.9 Å². The summed E-state index contributed by atoms with van der Waals surface area (Å²) in [5.74, 6) is 0. The molecule has 0 spiro atoms. The van der Waals surface area contributed by atoms with Crippen LogP contribution in [0.4, 0.5) is 5.69 Å². The minimum absolute atomic E-state index is 0. The number of benzene rings is 1. The maximum Gasteiger partial charge on any atom is 0.273 e. The third-order valence-corrected chi connectivity index (χ3v) is 6.01. The molecular formula is C15H24ClN3O5S. The highest BCUT2D eigenvalue weighted by atomic mass is 35.5. The van der Waals surface area contributed by atoms with Gasteiger partial charge < -0.3 is 10.5 Å². The van der Waals surface area contributed by atoms with Gasteiger partial charge in [-0.05, 0) is 38.8 Å². The van der Waals surface area contributed by atoms with Crippen LogP contribution in [0.15, 0.2) is 23.1 Å². The van der Waals surface area contributed by atoms with Crippen LogP contribution in [0.5, 0.6) is 0 Å². The Balaban J connectivity index is 0.00000312. The van der Waals surface area contributed by atoms with E-state index >= 15 is 0 Å². The van der Waals surface area contributed by atoms with Crippen molar-refractivity contribution in [3.8, 4) is 0 Å². The molecule has 2 rings (SSSR count). The Hall–Kier alpha value is -1.26. The molecule has 8 nitrogen and oxygen atoms in total. The lowest BCUT2D eigenvalue weighted by atomic mass is 10.1. The van der Waals surface area contributed by atoms with Crippen LogP contribution < -0.4 is 5.73 Å². The Morgan fingerprint density at radius 2 is 2.00 bits per heavy atom. The predicted molar refractivity (Wildman–Crippen MR) is 96.5 cm³/mol. The minimum atomic E-state index is -3.73. The SMILES string of the molecule is Cc1ccc(S(=O)(=O)N2CCC(OCCCN)CC2)cc1[N+](=O)[O-].Cl. The predicted octanol–water partition coefficient (Wildman–Crippen LogP) is 1.84. The number of nitro groups is 1. The van der Waals surface area contributed by atoms with Gasteiger partial charge in [-0.15, -0.1) is 12.4 Å². The summed E-state index contributed by atoms with van der Waals surface area (Å²) in [6, 6.07) is 4.02. The van der Waals surface area contributed by atoms with E-state index in [1.54, 1.807) is 6.92 Å². The molecule has 1 aliphatic rings. The van der Waals surface area contributed by atoms with E-state index in [1.807, 2.05) is 0 Å². The van der Waals surface area contributed by atoms with Gasteiger partial charge in [0, 0.05) is 31.3 Å². The topological polar surface area (TPSA) is 116 Å². The van der Waals surface area contributed by atoms with Crippen LogP contribution in [0.25, 0.3) is 0 Å². The van der Waals surface area contributed by atoms with Gasteiger partial charge in [-0.2, -0.15) is 4.31 Å². The van der Waals surface area contributed by atoms with Gasteiger partial charge in [0.2, 0.25) is 10.0 Å². The molecule has 0 atom stereocenters. The maximum atomic E-state index is 12.7. The van der Waals surface area contributed by atoms with Crippen molar-refractivity contribution < 1.29 is 18.1 Å². The molecule has 142 valence electrons. The second-order valence-electron chi connectivity index (χ2n) is 5.82. The van der Waals surface area contributed by atoms with E-state index in [-0.39, 0.29) is 29.1 Å². The van der Waals surface area contributed by atoms with Gasteiger partial charge >= 0.3 is 0 Å². The standard InChI is InChI=1S/C15H23N3O5S.ClH/c1-12-3-4-14(11-15(12)18(19)20)24(21,22)17-8-5-13(6-9-17)23-10-2-7-16;/h3-4,11,13H,2,5-10,16H2,1H3;1H. The number of nitro benzene ring substituents is 1. The molecule has 0 amide bonds. The molecule has 2 N–H and O–H groups in total. The van der Waals surface area contributed by atoms with Crippen molar-refractivity contribution in [1.29, 1.82) is 0 Å². The van der Waals surface area contributed by atoms with E-state index in [0.717, 1.165) is 12.5 Å². The number of ether oxygens (including phenoxy) is 1. The second kappa shape index (κ2) is 9.44. The minimum Gasteiger partial charge on any atom is -0.378 e. The van der Waals surface area contributed by atoms with Crippen molar-refractivity contribution in [1.82, 2.24) is 4.31 Å². The lowest BCUT2D eigenvalue weighted by molar-refractivity contribution is -0.385. The van der Waals surface area contributed by atoms with Crippen molar-refractivity contribution in [2.24, 2.45) is 5.73 Å². The fourth-order valence-corrected chi connectivity index (χ4v) is 4.16. The number of piperidine rings is 1. The van der Waals surface area contributed by atoms with Crippen LogP contribution in [0.2, 0.25) is 0 Å². The molecule has 0 unspecified atom stereocenters. The van der Waals surface area contributed by atoms with Crippen LogP contribution in [0, 0.1) is 17.0 Å². The Morgan fingerprint density at radius 3 is 2.56 bits per heavy atom. The number of nitrogens with zero attached hydrogens (tertiary/aromatic N) is 2. The fourth-order valence-electron chi connectivity index (χ4n) is 2.67. The molecule has 1 aromatic rings. The van der Waals surface area contributed by atoms with Crippen LogP contribution in [-0.2, 0) is 14.8 Å². The number of nitrogens with two attached hydrogens (primary N) is 1. The van der Waals surface area contributed by atoms with Crippen molar-refractivity contribution in [3.63, 3.8) is 0 Å². The molecule has 1 aromatic carbocycles. The fraction of sp³-hybridized carbons (Fsp3) is 0.600. The number of sulfonamides is 1. The molecule has 0 saturated carbocycles. The molecule has 1 fully saturated rings. The second-order valence-corrected chi connectivity index (χ2v) is 7.76. The van der Waals surface area contributed by atoms with Crippen molar-refractivity contribution in [3.05, 3.63) is 33.9 Å². The summed E-state index contributed by atoms with van der Waals surface area (Å²) in [6.45, 7) is 3.42. The Kier molecular flexibility index (Phi) is 8.23. The third kappa shape index (κ3) is 5.35. The zero-order valence-electron chi connectivity index (χ0n) is 14.1. The lowest BCUT2D eigenvalue weighted by Gasteiger charge is -2.31. The van der Waals surface area contributed by atoms with Crippen molar-refractivity contribution in [2.45, 2.75) is 37.2 Å². The van der Waals surface area contributed by atoms with E-state index in [4.69, 9.17) is 10.5 Å². The van der Waals surface area contributed by atoms with Crippen LogP contribution in [0.3, 0.4) is 0 Å². The molecule has 0 aromatic heterocycles. The summed E-state index contributed by atoms with van der Waals surface area (Å²) in [7, 11) is -3.73. The zero-order valence-corrected chi connectivity index (χ0v) is 15.7. The van der Waals surface area contributed by atoms with Gasteiger partial charge in [0.25, 0.3) is 5.69 Å². The van der Waals surface area contributed by atoms with Crippen LogP contribution in [0.1, 0.15) is 24.8 Å². The Bertz CT molecular complexity index is 690. The molecule has 10 heteroatoms.